The van der Waals surface area contributed by atoms with Gasteiger partial charge >= 0.3 is 0 Å². The predicted octanol–water partition coefficient (Wildman–Crippen LogP) is 2.00. The number of rotatable bonds is 6. The Balaban J connectivity index is 1.59. The lowest BCUT2D eigenvalue weighted by Gasteiger charge is -2.20. The van der Waals surface area contributed by atoms with Gasteiger partial charge < -0.3 is 20.6 Å². The number of aromatic nitrogens is 2. The molecule has 1 saturated heterocycles. The number of nitrogens with zero attached hydrogens (tertiary/aromatic N) is 4. The van der Waals surface area contributed by atoms with E-state index < -0.39 is 6.10 Å². The van der Waals surface area contributed by atoms with Crippen LogP contribution in [0, 0.1) is 0 Å². The number of pyridine rings is 2. The Morgan fingerprint density at radius 3 is 2.93 bits per heavy atom. The fourth-order valence-corrected chi connectivity index (χ4v) is 3.30. The highest BCUT2D eigenvalue weighted by Gasteiger charge is 2.25. The Morgan fingerprint density at radius 1 is 1.37 bits per heavy atom. The Labute approximate surface area is 164 Å². The molecule has 0 radical (unpaired) electrons. The van der Waals surface area contributed by atoms with Crippen molar-refractivity contribution in [2.24, 2.45) is 4.99 Å². The van der Waals surface area contributed by atoms with E-state index in [1.807, 2.05) is 19.1 Å². The van der Waals surface area contributed by atoms with Gasteiger partial charge in [-0.25, -0.2) is 4.98 Å². The highest BCUT2D eigenvalue weighted by atomic mass is 35.5. The number of aliphatic hydroxyl groups is 1. The second kappa shape index (κ2) is 9.53. The van der Waals surface area contributed by atoms with Crippen molar-refractivity contribution < 1.29 is 5.11 Å². The molecule has 0 aromatic carbocycles. The van der Waals surface area contributed by atoms with E-state index in [2.05, 4.69) is 30.5 Å². The third-order valence-corrected chi connectivity index (χ3v) is 4.72. The zero-order valence-electron chi connectivity index (χ0n) is 15.3. The van der Waals surface area contributed by atoms with Gasteiger partial charge in [-0.15, -0.1) is 0 Å². The van der Waals surface area contributed by atoms with Gasteiger partial charge in [0.1, 0.15) is 5.82 Å². The van der Waals surface area contributed by atoms with Crippen LogP contribution in [-0.4, -0.2) is 53.3 Å². The van der Waals surface area contributed by atoms with Crippen molar-refractivity contribution in [1.29, 1.82) is 0 Å². The van der Waals surface area contributed by atoms with Crippen LogP contribution in [0.2, 0.25) is 5.02 Å². The second-order valence-corrected chi connectivity index (χ2v) is 6.81. The topological polar surface area (TPSA) is 85.7 Å². The summed E-state index contributed by atoms with van der Waals surface area (Å²) in [5.74, 6) is 1.52. The first-order valence-electron chi connectivity index (χ1n) is 9.15. The van der Waals surface area contributed by atoms with Crippen molar-refractivity contribution in [2.45, 2.75) is 25.5 Å². The molecule has 144 valence electrons. The lowest BCUT2D eigenvalue weighted by atomic mass is 10.1. The Bertz CT molecular complexity index is 757. The normalized spacial score (nSPS) is 18.4. The molecule has 1 aliphatic rings. The number of aliphatic hydroxyl groups excluding tert-OH is 1. The predicted molar refractivity (Wildman–Crippen MR) is 108 cm³/mol. The summed E-state index contributed by atoms with van der Waals surface area (Å²) in [5.41, 5.74) is 0.807. The van der Waals surface area contributed by atoms with Crippen molar-refractivity contribution in [1.82, 2.24) is 20.6 Å². The summed E-state index contributed by atoms with van der Waals surface area (Å²) in [5, 5.41) is 17.6. The molecule has 3 rings (SSSR count). The molecule has 2 atom stereocenters. The van der Waals surface area contributed by atoms with Crippen LogP contribution >= 0.6 is 11.6 Å². The number of guanidine groups is 1. The molecule has 2 unspecified atom stereocenters. The number of nitrogens with one attached hydrogen (secondary N) is 2. The van der Waals surface area contributed by atoms with Crippen LogP contribution in [0.1, 0.15) is 25.0 Å². The van der Waals surface area contributed by atoms with E-state index in [1.54, 1.807) is 30.7 Å². The van der Waals surface area contributed by atoms with Crippen molar-refractivity contribution in [3.8, 4) is 0 Å². The fourth-order valence-electron chi connectivity index (χ4n) is 3.06. The van der Waals surface area contributed by atoms with E-state index in [0.29, 0.717) is 11.0 Å². The number of hydrogen-bond donors (Lipinski definition) is 3. The maximum atomic E-state index is 10.3. The molecule has 1 aliphatic heterocycles. The van der Waals surface area contributed by atoms with Crippen molar-refractivity contribution in [3.63, 3.8) is 0 Å². The molecule has 2 aromatic rings. The molecular weight excluding hydrogens is 364 g/mol. The van der Waals surface area contributed by atoms with Crippen LogP contribution in [0.4, 0.5) is 5.82 Å². The van der Waals surface area contributed by atoms with E-state index in [9.17, 15) is 5.11 Å². The lowest BCUT2D eigenvalue weighted by Crippen LogP contribution is -2.44. The molecule has 27 heavy (non-hydrogen) atoms. The van der Waals surface area contributed by atoms with Gasteiger partial charge in [0.2, 0.25) is 0 Å². The summed E-state index contributed by atoms with van der Waals surface area (Å²) < 4.78 is 0. The highest BCUT2D eigenvalue weighted by Crippen LogP contribution is 2.25. The molecule has 3 N–H and O–H groups in total. The molecular formula is C19H25ClN6O. The molecule has 3 heterocycles. The van der Waals surface area contributed by atoms with Crippen molar-refractivity contribution >= 4 is 23.4 Å². The van der Waals surface area contributed by atoms with Gasteiger partial charge in [0.25, 0.3) is 0 Å². The first-order valence-corrected chi connectivity index (χ1v) is 9.53. The minimum absolute atomic E-state index is 0.235. The molecule has 0 spiro atoms. The molecule has 0 bridgehead atoms. The first-order chi connectivity index (χ1) is 13.2. The van der Waals surface area contributed by atoms with Gasteiger partial charge in [-0.1, -0.05) is 11.6 Å². The largest absolute Gasteiger partial charge is 0.386 e. The number of halogens is 1. The SMILES string of the molecule is CCNC(=NCC(O)c1ccncc1)NC1CCN(c2ncccc2Cl)C1. The van der Waals surface area contributed by atoms with Crippen LogP contribution < -0.4 is 15.5 Å². The maximum Gasteiger partial charge on any atom is 0.191 e. The molecule has 0 saturated carbocycles. The van der Waals surface area contributed by atoms with Gasteiger partial charge in [0.15, 0.2) is 5.96 Å². The second-order valence-electron chi connectivity index (χ2n) is 6.40. The monoisotopic (exact) mass is 388 g/mol. The van der Waals surface area contributed by atoms with Crippen LogP contribution in [0.3, 0.4) is 0 Å². The fraction of sp³-hybridized carbons (Fsp3) is 0.421. The van der Waals surface area contributed by atoms with E-state index >= 15 is 0 Å². The summed E-state index contributed by atoms with van der Waals surface area (Å²) in [6, 6.07) is 7.52. The highest BCUT2D eigenvalue weighted by molar-refractivity contribution is 6.32. The summed E-state index contributed by atoms with van der Waals surface area (Å²) in [6.45, 7) is 4.73. The Kier molecular flexibility index (Phi) is 6.84. The zero-order valence-corrected chi connectivity index (χ0v) is 16.1. The maximum absolute atomic E-state index is 10.3. The summed E-state index contributed by atoms with van der Waals surface area (Å²) in [4.78, 5) is 15.1. The average Bonchev–Trinajstić information content (AvgIpc) is 3.15. The molecule has 0 amide bonds. The van der Waals surface area contributed by atoms with E-state index in [0.717, 1.165) is 37.4 Å². The Morgan fingerprint density at radius 2 is 2.19 bits per heavy atom. The van der Waals surface area contributed by atoms with Gasteiger partial charge in [-0.05, 0) is 43.2 Å². The smallest absolute Gasteiger partial charge is 0.191 e. The number of aliphatic imine (C=N–C) groups is 1. The summed E-state index contributed by atoms with van der Waals surface area (Å²) in [7, 11) is 0. The minimum atomic E-state index is -0.657. The van der Waals surface area contributed by atoms with Crippen LogP contribution in [-0.2, 0) is 0 Å². The third kappa shape index (κ3) is 5.30. The summed E-state index contributed by atoms with van der Waals surface area (Å²) in [6.07, 6.45) is 5.40. The number of anilines is 1. The van der Waals surface area contributed by atoms with Crippen molar-refractivity contribution in [3.05, 3.63) is 53.4 Å². The minimum Gasteiger partial charge on any atom is -0.386 e. The molecule has 8 heteroatoms. The van der Waals surface area contributed by atoms with E-state index in [-0.39, 0.29) is 12.6 Å². The molecule has 2 aromatic heterocycles. The number of hydrogen-bond acceptors (Lipinski definition) is 5. The van der Waals surface area contributed by atoms with Crippen LogP contribution in [0.5, 0.6) is 0 Å². The van der Waals surface area contributed by atoms with E-state index in [1.165, 1.54) is 0 Å². The standard InChI is InChI=1S/C19H25ClN6O/c1-2-22-19(24-12-17(27)14-5-9-21-10-6-14)25-15-7-11-26(13-15)18-16(20)4-3-8-23-18/h3-6,8-10,15,17,27H,2,7,11-13H2,1H3,(H2,22,24,25). The van der Waals surface area contributed by atoms with E-state index in [4.69, 9.17) is 11.6 Å². The molecule has 0 aliphatic carbocycles. The van der Waals surface area contributed by atoms with Gasteiger partial charge in [0.05, 0.1) is 17.7 Å². The quantitative estimate of drug-likeness (QED) is 0.518. The molecule has 1 fully saturated rings. The van der Waals surface area contributed by atoms with Gasteiger partial charge in [-0.3, -0.25) is 9.98 Å². The van der Waals surface area contributed by atoms with Crippen LogP contribution in [0.25, 0.3) is 0 Å². The van der Waals surface area contributed by atoms with Crippen LogP contribution in [0.15, 0.2) is 47.8 Å². The Hall–Kier alpha value is -2.38. The summed E-state index contributed by atoms with van der Waals surface area (Å²) >= 11 is 6.26. The molecule has 7 nitrogen and oxygen atoms in total. The third-order valence-electron chi connectivity index (χ3n) is 4.43. The lowest BCUT2D eigenvalue weighted by molar-refractivity contribution is 0.187. The van der Waals surface area contributed by atoms with Crippen molar-refractivity contribution in [2.75, 3.05) is 31.1 Å². The van der Waals surface area contributed by atoms with Gasteiger partial charge in [-0.2, -0.15) is 0 Å². The zero-order chi connectivity index (χ0) is 19.1. The first kappa shape index (κ1) is 19.4. The average molecular weight is 389 g/mol. The van der Waals surface area contributed by atoms with Gasteiger partial charge in [0, 0.05) is 44.3 Å².